The molecule has 0 rings (SSSR count). The second-order valence-electron chi connectivity index (χ2n) is 18.6. The third kappa shape index (κ3) is 46.4. The lowest BCUT2D eigenvalue weighted by atomic mass is 9.59. The SMILES string of the molecule is CCCCCCCC(C)OC(CCCCCCC)(CCCCCCC)C(CCCCCCC)(CCCCCCC)CCCCCCC.CCOCC.CCOCC.CCOCC. The van der Waals surface area contributed by atoms with Crippen molar-refractivity contribution in [2.75, 3.05) is 39.6 Å². The van der Waals surface area contributed by atoms with Crippen LogP contribution in [0.3, 0.4) is 0 Å². The summed E-state index contributed by atoms with van der Waals surface area (Å²) in [6.07, 6.45) is 50.4. The minimum Gasteiger partial charge on any atom is -0.382 e. The number of hydrogen-bond donors (Lipinski definition) is 0. The molecule has 62 heavy (non-hydrogen) atoms. The van der Waals surface area contributed by atoms with E-state index in [0.29, 0.717) is 11.5 Å². The molecular weight excluding hydrogens is 761 g/mol. The molecule has 0 heterocycles. The first-order valence-electron chi connectivity index (χ1n) is 28.7. The lowest BCUT2D eigenvalue weighted by molar-refractivity contribution is -0.187. The van der Waals surface area contributed by atoms with E-state index in [1.54, 1.807) is 0 Å². The van der Waals surface area contributed by atoms with Gasteiger partial charge in [-0.3, -0.25) is 0 Å². The quantitative estimate of drug-likeness (QED) is 0.0571. The normalized spacial score (nSPS) is 12.0. The zero-order chi connectivity index (χ0) is 47.1. The molecule has 0 amide bonds. The molecule has 0 aliphatic carbocycles. The predicted octanol–water partition coefficient (Wildman–Crippen LogP) is 20.4. The summed E-state index contributed by atoms with van der Waals surface area (Å²) in [5.41, 5.74) is 0.415. The number of ether oxygens (including phenoxy) is 4. The molecule has 0 fully saturated rings. The van der Waals surface area contributed by atoms with E-state index in [2.05, 4.69) is 48.5 Å². The topological polar surface area (TPSA) is 36.9 Å². The maximum Gasteiger partial charge on any atom is 0.0742 e. The van der Waals surface area contributed by atoms with E-state index in [0.717, 1.165) is 39.6 Å². The van der Waals surface area contributed by atoms with Gasteiger partial charge in [0, 0.05) is 39.6 Å². The molecule has 0 saturated carbocycles. The van der Waals surface area contributed by atoms with Crippen LogP contribution in [0.1, 0.15) is 321 Å². The summed E-state index contributed by atoms with van der Waals surface area (Å²) in [4.78, 5) is 0. The summed E-state index contributed by atoms with van der Waals surface area (Å²) < 4.78 is 22.4. The van der Waals surface area contributed by atoms with Crippen molar-refractivity contribution in [2.45, 2.75) is 333 Å². The van der Waals surface area contributed by atoms with Crippen LogP contribution in [0.15, 0.2) is 0 Å². The van der Waals surface area contributed by atoms with Crippen molar-refractivity contribution >= 4 is 0 Å². The second kappa shape index (κ2) is 58.9. The summed E-state index contributed by atoms with van der Waals surface area (Å²) in [5, 5.41) is 0. The predicted molar refractivity (Wildman–Crippen MR) is 282 cm³/mol. The zero-order valence-corrected chi connectivity index (χ0v) is 45.9. The summed E-state index contributed by atoms with van der Waals surface area (Å²) in [6, 6.07) is 0. The summed E-state index contributed by atoms with van der Waals surface area (Å²) in [7, 11) is 0. The number of unbranched alkanes of at least 4 members (excludes halogenated alkanes) is 24. The summed E-state index contributed by atoms with van der Waals surface area (Å²) in [6.45, 7) is 33.7. The Labute approximate surface area is 395 Å². The van der Waals surface area contributed by atoms with Gasteiger partial charge in [-0.1, -0.05) is 234 Å². The van der Waals surface area contributed by atoms with E-state index in [1.165, 1.54) is 231 Å². The zero-order valence-electron chi connectivity index (χ0n) is 45.9. The van der Waals surface area contributed by atoms with Crippen LogP contribution in [0.5, 0.6) is 0 Å². The maximum absolute atomic E-state index is 7.86. The Morgan fingerprint density at radius 3 is 0.726 bits per heavy atom. The average molecular weight is 886 g/mol. The lowest BCUT2D eigenvalue weighted by Gasteiger charge is -2.53. The van der Waals surface area contributed by atoms with Crippen LogP contribution in [-0.2, 0) is 18.9 Å². The molecule has 4 nitrogen and oxygen atoms in total. The van der Waals surface area contributed by atoms with Crippen LogP contribution in [0.2, 0.25) is 0 Å². The van der Waals surface area contributed by atoms with Crippen molar-refractivity contribution in [2.24, 2.45) is 5.41 Å². The van der Waals surface area contributed by atoms with Crippen LogP contribution in [-0.4, -0.2) is 51.3 Å². The molecule has 0 bridgehead atoms. The molecule has 0 radical (unpaired) electrons. The Morgan fingerprint density at radius 1 is 0.274 bits per heavy atom. The van der Waals surface area contributed by atoms with Crippen molar-refractivity contribution in [1.82, 2.24) is 0 Å². The molecule has 0 N–H and O–H groups in total. The summed E-state index contributed by atoms with van der Waals surface area (Å²) >= 11 is 0. The molecule has 0 aliphatic rings. The first-order chi connectivity index (χ1) is 30.3. The molecule has 1 unspecified atom stereocenters. The molecular formula is C58H124O4. The third-order valence-corrected chi connectivity index (χ3v) is 13.0. The van der Waals surface area contributed by atoms with Crippen molar-refractivity contribution in [3.05, 3.63) is 0 Å². The van der Waals surface area contributed by atoms with Crippen molar-refractivity contribution in [3.63, 3.8) is 0 Å². The molecule has 1 atom stereocenters. The van der Waals surface area contributed by atoms with Gasteiger partial charge in [0.1, 0.15) is 0 Å². The smallest absolute Gasteiger partial charge is 0.0742 e. The van der Waals surface area contributed by atoms with E-state index in [1.807, 2.05) is 41.5 Å². The monoisotopic (exact) mass is 885 g/mol. The minimum absolute atomic E-state index is 0.0640. The van der Waals surface area contributed by atoms with Gasteiger partial charge in [0.05, 0.1) is 11.7 Å². The van der Waals surface area contributed by atoms with Crippen LogP contribution < -0.4 is 0 Å². The number of rotatable bonds is 45. The standard InChI is InChI=1S/C46H94O.3C4H10O/c1-8-14-20-26-32-38-44(7)47-46(42-36-30-24-18-12-5,43-37-31-25-19-13-6)45(39-33-27-21-15-9-2,40-34-28-22-16-10-3)41-35-29-23-17-11-4;3*1-3-5-4-2/h44H,8-43H2,1-7H3;3*3-4H2,1-2H3. The van der Waals surface area contributed by atoms with E-state index in [4.69, 9.17) is 18.9 Å². The average Bonchev–Trinajstić information content (AvgIpc) is 3.27. The Balaban J connectivity index is -0.000000950. The fourth-order valence-electron chi connectivity index (χ4n) is 9.28. The van der Waals surface area contributed by atoms with Crippen LogP contribution >= 0.6 is 0 Å². The van der Waals surface area contributed by atoms with E-state index < -0.39 is 0 Å². The first kappa shape index (κ1) is 68.4. The highest BCUT2D eigenvalue weighted by Crippen LogP contribution is 2.54. The molecule has 0 saturated heterocycles. The van der Waals surface area contributed by atoms with E-state index >= 15 is 0 Å². The molecule has 380 valence electrons. The van der Waals surface area contributed by atoms with Crippen molar-refractivity contribution < 1.29 is 18.9 Å². The molecule has 0 aromatic carbocycles. The van der Waals surface area contributed by atoms with Crippen molar-refractivity contribution in [3.8, 4) is 0 Å². The third-order valence-electron chi connectivity index (χ3n) is 13.0. The fourth-order valence-corrected chi connectivity index (χ4v) is 9.28. The van der Waals surface area contributed by atoms with Gasteiger partial charge in [-0.2, -0.15) is 0 Å². The van der Waals surface area contributed by atoms with Gasteiger partial charge < -0.3 is 18.9 Å². The first-order valence-corrected chi connectivity index (χ1v) is 28.7. The molecule has 0 aromatic heterocycles. The second-order valence-corrected chi connectivity index (χ2v) is 18.6. The van der Waals surface area contributed by atoms with Gasteiger partial charge in [0.15, 0.2) is 0 Å². The van der Waals surface area contributed by atoms with Gasteiger partial charge in [-0.15, -0.1) is 0 Å². The van der Waals surface area contributed by atoms with Gasteiger partial charge in [-0.25, -0.2) is 0 Å². The molecule has 0 aliphatic heterocycles. The van der Waals surface area contributed by atoms with E-state index in [-0.39, 0.29) is 5.60 Å². The van der Waals surface area contributed by atoms with Gasteiger partial charge in [0.2, 0.25) is 0 Å². The molecule has 0 spiro atoms. The van der Waals surface area contributed by atoms with Crippen LogP contribution in [0, 0.1) is 5.41 Å². The summed E-state index contributed by atoms with van der Waals surface area (Å²) in [5.74, 6) is 0. The van der Waals surface area contributed by atoms with Gasteiger partial charge >= 0.3 is 0 Å². The lowest BCUT2D eigenvalue weighted by Crippen LogP contribution is -2.52. The molecule has 4 heteroatoms. The minimum atomic E-state index is 0.0640. The molecule has 0 aromatic rings. The highest BCUT2D eigenvalue weighted by molar-refractivity contribution is 5.01. The van der Waals surface area contributed by atoms with Gasteiger partial charge in [0.25, 0.3) is 0 Å². The Bertz CT molecular complexity index is 671. The highest BCUT2D eigenvalue weighted by atomic mass is 16.5. The Kier molecular flexibility index (Phi) is 65.0. The largest absolute Gasteiger partial charge is 0.382 e. The van der Waals surface area contributed by atoms with E-state index in [9.17, 15) is 0 Å². The van der Waals surface area contributed by atoms with Crippen LogP contribution in [0.4, 0.5) is 0 Å². The highest BCUT2D eigenvalue weighted by Gasteiger charge is 2.50. The maximum atomic E-state index is 7.86. The Morgan fingerprint density at radius 2 is 0.500 bits per heavy atom. The van der Waals surface area contributed by atoms with Crippen LogP contribution in [0.25, 0.3) is 0 Å². The fraction of sp³-hybridized carbons (Fsp3) is 1.00. The number of hydrogen-bond acceptors (Lipinski definition) is 4. The Hall–Kier alpha value is -0.160. The van der Waals surface area contributed by atoms with Gasteiger partial charge in [-0.05, 0) is 92.4 Å². The van der Waals surface area contributed by atoms with Crippen molar-refractivity contribution in [1.29, 1.82) is 0 Å².